The molecular formula is C13H24N2O3. The molecule has 5 nitrogen and oxygen atoms in total. The van der Waals surface area contributed by atoms with Crippen LogP contribution < -0.4 is 5.32 Å². The van der Waals surface area contributed by atoms with Crippen molar-refractivity contribution in [1.82, 2.24) is 10.2 Å². The fraction of sp³-hybridized carbons (Fsp3) is 0.846. The topological polar surface area (TPSA) is 58.6 Å². The summed E-state index contributed by atoms with van der Waals surface area (Å²) in [5, 5.41) is 2.83. The average Bonchev–Trinajstić information content (AvgIpc) is 2.35. The maximum Gasteiger partial charge on any atom is 0.245 e. The Hall–Kier alpha value is -1.10. The molecule has 0 aromatic carbocycles. The zero-order valence-corrected chi connectivity index (χ0v) is 11.6. The van der Waals surface area contributed by atoms with Crippen LogP contribution in [-0.2, 0) is 14.3 Å². The van der Waals surface area contributed by atoms with E-state index in [1.165, 1.54) is 0 Å². The third-order valence-electron chi connectivity index (χ3n) is 3.29. The number of hydrogen-bond acceptors (Lipinski definition) is 3. The van der Waals surface area contributed by atoms with Crippen LogP contribution in [-0.4, -0.2) is 49.1 Å². The van der Waals surface area contributed by atoms with Crippen LogP contribution in [0.4, 0.5) is 0 Å². The molecule has 1 aliphatic rings. The van der Waals surface area contributed by atoms with Crippen molar-refractivity contribution in [3.05, 3.63) is 0 Å². The zero-order valence-electron chi connectivity index (χ0n) is 11.6. The number of carbonyl (C=O) groups is 2. The van der Waals surface area contributed by atoms with Crippen molar-refractivity contribution in [2.45, 2.75) is 51.6 Å². The Morgan fingerprint density at radius 1 is 1.33 bits per heavy atom. The third-order valence-corrected chi connectivity index (χ3v) is 3.29. The molecule has 5 heteroatoms. The molecule has 2 unspecified atom stereocenters. The van der Waals surface area contributed by atoms with Crippen molar-refractivity contribution in [3.63, 3.8) is 0 Å². The van der Waals surface area contributed by atoms with Crippen LogP contribution >= 0.6 is 0 Å². The molecule has 1 saturated heterocycles. The molecule has 0 aliphatic carbocycles. The number of carbonyl (C=O) groups excluding carboxylic acids is 2. The highest BCUT2D eigenvalue weighted by Crippen LogP contribution is 2.16. The maximum atomic E-state index is 12.3. The first kappa shape index (κ1) is 15.0. The van der Waals surface area contributed by atoms with Gasteiger partial charge in [-0.2, -0.15) is 0 Å². The Kier molecular flexibility index (Phi) is 6.12. The van der Waals surface area contributed by atoms with E-state index < -0.39 is 0 Å². The molecule has 2 amide bonds. The highest BCUT2D eigenvalue weighted by atomic mass is 16.5. The van der Waals surface area contributed by atoms with E-state index in [4.69, 9.17) is 4.74 Å². The van der Waals surface area contributed by atoms with Crippen molar-refractivity contribution < 1.29 is 14.3 Å². The number of piperazine rings is 1. The molecule has 1 N–H and O–H groups in total. The number of ether oxygens (including phenoxy) is 1. The Morgan fingerprint density at radius 3 is 2.61 bits per heavy atom. The molecule has 104 valence electrons. The van der Waals surface area contributed by atoms with Crippen molar-refractivity contribution in [3.8, 4) is 0 Å². The van der Waals surface area contributed by atoms with E-state index in [-0.39, 0.29) is 23.9 Å². The van der Waals surface area contributed by atoms with Gasteiger partial charge in [0.15, 0.2) is 0 Å². The summed E-state index contributed by atoms with van der Waals surface area (Å²) in [6.45, 7) is 5.15. The molecule has 1 fully saturated rings. The van der Waals surface area contributed by atoms with E-state index in [0.717, 1.165) is 12.8 Å². The molecule has 0 aromatic rings. The van der Waals surface area contributed by atoms with Gasteiger partial charge in [0, 0.05) is 20.3 Å². The molecule has 0 bridgehead atoms. The molecular weight excluding hydrogens is 232 g/mol. The van der Waals surface area contributed by atoms with Gasteiger partial charge in [-0.1, -0.05) is 20.3 Å². The minimum Gasteiger partial charge on any atom is -0.385 e. The first-order valence-electron chi connectivity index (χ1n) is 6.75. The number of amides is 2. The number of methoxy groups -OCH3 is 1. The lowest BCUT2D eigenvalue weighted by Gasteiger charge is -2.38. The van der Waals surface area contributed by atoms with Gasteiger partial charge in [0.1, 0.15) is 12.1 Å². The van der Waals surface area contributed by atoms with E-state index in [2.05, 4.69) is 5.32 Å². The van der Waals surface area contributed by atoms with E-state index in [9.17, 15) is 9.59 Å². The lowest BCUT2D eigenvalue weighted by Crippen LogP contribution is -2.63. The third kappa shape index (κ3) is 3.45. The summed E-state index contributed by atoms with van der Waals surface area (Å²) >= 11 is 0. The van der Waals surface area contributed by atoms with Gasteiger partial charge in [-0.15, -0.1) is 0 Å². The minimum atomic E-state index is -0.340. The summed E-state index contributed by atoms with van der Waals surface area (Å²) in [4.78, 5) is 26.0. The fourth-order valence-corrected chi connectivity index (χ4v) is 2.36. The van der Waals surface area contributed by atoms with E-state index in [1.807, 2.05) is 13.8 Å². The van der Waals surface area contributed by atoms with Gasteiger partial charge in [0.05, 0.1) is 0 Å². The second kappa shape index (κ2) is 7.36. The molecule has 0 saturated carbocycles. The predicted octanol–water partition coefficient (Wildman–Crippen LogP) is 0.929. The van der Waals surface area contributed by atoms with Crippen molar-refractivity contribution >= 4 is 11.8 Å². The summed E-state index contributed by atoms with van der Waals surface area (Å²) < 4.78 is 5.00. The van der Waals surface area contributed by atoms with Crippen LogP contribution in [0.1, 0.15) is 39.5 Å². The molecule has 1 rings (SSSR count). The predicted molar refractivity (Wildman–Crippen MR) is 69.1 cm³/mol. The zero-order chi connectivity index (χ0) is 13.5. The van der Waals surface area contributed by atoms with Crippen LogP contribution in [0, 0.1) is 0 Å². The number of nitrogens with one attached hydrogen (secondary N) is 1. The fourth-order valence-electron chi connectivity index (χ4n) is 2.36. The average molecular weight is 256 g/mol. The largest absolute Gasteiger partial charge is 0.385 e. The first-order valence-corrected chi connectivity index (χ1v) is 6.75. The quantitative estimate of drug-likeness (QED) is 0.689. The van der Waals surface area contributed by atoms with E-state index >= 15 is 0 Å². The van der Waals surface area contributed by atoms with Gasteiger partial charge in [0.2, 0.25) is 11.8 Å². The highest BCUT2D eigenvalue weighted by Gasteiger charge is 2.38. The Bertz CT molecular complexity index is 294. The molecule has 0 aromatic heterocycles. The lowest BCUT2D eigenvalue weighted by atomic mass is 10.0. The molecule has 18 heavy (non-hydrogen) atoms. The van der Waals surface area contributed by atoms with Gasteiger partial charge >= 0.3 is 0 Å². The van der Waals surface area contributed by atoms with Crippen LogP contribution in [0.25, 0.3) is 0 Å². The second-order valence-corrected chi connectivity index (χ2v) is 4.65. The molecule has 2 atom stereocenters. The molecule has 0 radical (unpaired) electrons. The first-order chi connectivity index (χ1) is 8.65. The van der Waals surface area contributed by atoms with Gasteiger partial charge in [-0.25, -0.2) is 0 Å². The van der Waals surface area contributed by atoms with Gasteiger partial charge in [0.25, 0.3) is 0 Å². The van der Waals surface area contributed by atoms with Crippen LogP contribution in [0.3, 0.4) is 0 Å². The van der Waals surface area contributed by atoms with Crippen molar-refractivity contribution in [2.24, 2.45) is 0 Å². The SMILES string of the molecule is CCCC1NC(=O)C(CC)N(CCCOC)C1=O. The summed E-state index contributed by atoms with van der Waals surface area (Å²) in [7, 11) is 1.64. The van der Waals surface area contributed by atoms with Crippen molar-refractivity contribution in [1.29, 1.82) is 0 Å². The van der Waals surface area contributed by atoms with Gasteiger partial charge < -0.3 is 15.0 Å². The van der Waals surface area contributed by atoms with Crippen molar-refractivity contribution in [2.75, 3.05) is 20.3 Å². The van der Waals surface area contributed by atoms with E-state index in [1.54, 1.807) is 12.0 Å². The molecule has 0 spiro atoms. The Balaban J connectivity index is 2.71. The van der Waals surface area contributed by atoms with Crippen LogP contribution in [0.2, 0.25) is 0 Å². The number of nitrogens with zero attached hydrogens (tertiary/aromatic N) is 1. The normalized spacial score (nSPS) is 24.3. The molecule has 1 aliphatic heterocycles. The molecule has 1 heterocycles. The summed E-state index contributed by atoms with van der Waals surface area (Å²) in [6.07, 6.45) is 3.02. The van der Waals surface area contributed by atoms with Crippen LogP contribution in [0.5, 0.6) is 0 Å². The lowest BCUT2D eigenvalue weighted by molar-refractivity contribution is -0.149. The smallest absolute Gasteiger partial charge is 0.245 e. The van der Waals surface area contributed by atoms with Gasteiger partial charge in [-0.3, -0.25) is 9.59 Å². The standard InChI is InChI=1S/C13H24N2O3/c1-4-7-10-13(17)15(8-6-9-18-3)11(5-2)12(16)14-10/h10-11H,4-9H2,1-3H3,(H,14,16). The van der Waals surface area contributed by atoms with Crippen LogP contribution in [0.15, 0.2) is 0 Å². The van der Waals surface area contributed by atoms with E-state index in [0.29, 0.717) is 26.0 Å². The van der Waals surface area contributed by atoms with Gasteiger partial charge in [-0.05, 0) is 19.3 Å². The monoisotopic (exact) mass is 256 g/mol. The Morgan fingerprint density at radius 2 is 2.06 bits per heavy atom. The summed E-state index contributed by atoms with van der Waals surface area (Å²) in [6, 6.07) is -0.657. The Labute approximate surface area is 109 Å². The summed E-state index contributed by atoms with van der Waals surface area (Å²) in [5.41, 5.74) is 0. The summed E-state index contributed by atoms with van der Waals surface area (Å²) in [5.74, 6) is 0.0346. The number of hydrogen-bond donors (Lipinski definition) is 1. The second-order valence-electron chi connectivity index (χ2n) is 4.65. The minimum absolute atomic E-state index is 0.0204. The highest BCUT2D eigenvalue weighted by molar-refractivity contribution is 5.96. The maximum absolute atomic E-state index is 12.3. The number of rotatable bonds is 7.